The third kappa shape index (κ3) is 4.57. The first-order valence-electron chi connectivity index (χ1n) is 12.1. The first-order chi connectivity index (χ1) is 17.7. The number of aromatic nitrogens is 4. The van der Waals surface area contributed by atoms with E-state index in [-0.39, 0.29) is 18.7 Å². The molecule has 1 fully saturated rings. The third-order valence-corrected chi connectivity index (χ3v) is 6.58. The molecule has 180 valence electrons. The molecule has 1 aliphatic carbocycles. The number of oxazole rings is 1. The highest BCUT2D eigenvalue weighted by atomic mass is 16.5. The Morgan fingerprint density at radius 1 is 0.972 bits per heavy atom. The Hall–Kier alpha value is -4.46. The molecule has 1 amide bonds. The minimum Gasteiger partial charge on any atom is -0.445 e. The highest BCUT2D eigenvalue weighted by Crippen LogP contribution is 2.34. The van der Waals surface area contributed by atoms with Gasteiger partial charge in [0.05, 0.1) is 17.9 Å². The van der Waals surface area contributed by atoms with E-state index in [0.29, 0.717) is 5.89 Å². The number of nitrogens with zero attached hydrogens (tertiary/aromatic N) is 4. The van der Waals surface area contributed by atoms with Gasteiger partial charge in [-0.2, -0.15) is 0 Å². The van der Waals surface area contributed by atoms with Crippen LogP contribution in [0, 0.1) is 0 Å². The minimum absolute atomic E-state index is 0.0388. The molecular formula is C28H25N5O3. The van der Waals surface area contributed by atoms with Gasteiger partial charge in [0.15, 0.2) is 5.58 Å². The van der Waals surface area contributed by atoms with E-state index in [2.05, 4.69) is 20.6 Å². The first kappa shape index (κ1) is 22.0. The molecule has 1 saturated carbocycles. The van der Waals surface area contributed by atoms with Gasteiger partial charge in [-0.1, -0.05) is 59.8 Å². The topological polar surface area (TPSA) is 95.1 Å². The molecule has 0 saturated heterocycles. The molecule has 8 heteroatoms. The predicted molar refractivity (Wildman–Crippen MR) is 135 cm³/mol. The summed E-state index contributed by atoms with van der Waals surface area (Å²) in [6, 6.07) is 25.7. The average Bonchev–Trinajstić information content (AvgIpc) is 3.67. The second-order valence-corrected chi connectivity index (χ2v) is 9.00. The lowest BCUT2D eigenvalue weighted by Crippen LogP contribution is -2.33. The van der Waals surface area contributed by atoms with Crippen molar-refractivity contribution >= 4 is 17.2 Å². The average molecular weight is 480 g/mol. The van der Waals surface area contributed by atoms with E-state index in [0.717, 1.165) is 52.7 Å². The molecule has 0 bridgehead atoms. The lowest BCUT2D eigenvalue weighted by atomic mass is 10.1. The van der Waals surface area contributed by atoms with Crippen LogP contribution in [-0.2, 0) is 11.3 Å². The Morgan fingerprint density at radius 2 is 1.75 bits per heavy atom. The van der Waals surface area contributed by atoms with Crippen LogP contribution < -0.4 is 5.32 Å². The van der Waals surface area contributed by atoms with Crippen LogP contribution in [0.5, 0.6) is 0 Å². The zero-order valence-electron chi connectivity index (χ0n) is 19.6. The lowest BCUT2D eigenvalue weighted by molar-refractivity contribution is 0.135. The van der Waals surface area contributed by atoms with Gasteiger partial charge in [-0.25, -0.2) is 14.5 Å². The number of benzene rings is 3. The van der Waals surface area contributed by atoms with E-state index in [1.165, 1.54) is 0 Å². The summed E-state index contributed by atoms with van der Waals surface area (Å²) in [6.45, 7) is 0.260. The van der Waals surface area contributed by atoms with Crippen molar-refractivity contribution in [2.75, 3.05) is 0 Å². The summed E-state index contributed by atoms with van der Waals surface area (Å²) < 4.78 is 13.2. The van der Waals surface area contributed by atoms with Crippen LogP contribution >= 0.6 is 0 Å². The Kier molecular flexibility index (Phi) is 5.91. The van der Waals surface area contributed by atoms with E-state index < -0.39 is 6.09 Å². The van der Waals surface area contributed by atoms with E-state index >= 15 is 0 Å². The number of nitrogens with one attached hydrogen (secondary N) is 1. The van der Waals surface area contributed by atoms with Crippen LogP contribution in [-0.4, -0.2) is 32.1 Å². The fourth-order valence-corrected chi connectivity index (χ4v) is 4.74. The maximum absolute atomic E-state index is 12.3. The number of fused-ring (bicyclic) bond motifs is 1. The number of carbonyl (C=O) groups excluding carboxylic acids is 1. The second kappa shape index (κ2) is 9.65. The van der Waals surface area contributed by atoms with Crippen LogP contribution in [0.4, 0.5) is 4.79 Å². The molecule has 2 aromatic heterocycles. The van der Waals surface area contributed by atoms with Gasteiger partial charge in [0, 0.05) is 17.2 Å². The zero-order valence-corrected chi connectivity index (χ0v) is 19.6. The van der Waals surface area contributed by atoms with Crippen molar-refractivity contribution in [2.45, 2.75) is 38.0 Å². The molecule has 1 aliphatic rings. The molecule has 0 spiro atoms. The predicted octanol–water partition coefficient (Wildman–Crippen LogP) is 5.77. The van der Waals surface area contributed by atoms with Crippen LogP contribution in [0.1, 0.15) is 30.9 Å². The SMILES string of the molecule is O=C(N[C@H]1CC[C@@H](n2nncc2-c2ccc(-c3nc4ccccc4o3)cc2)C1)OCc1ccccc1. The summed E-state index contributed by atoms with van der Waals surface area (Å²) in [5, 5.41) is 11.5. The second-order valence-electron chi connectivity index (χ2n) is 9.00. The van der Waals surface area contributed by atoms with Crippen molar-refractivity contribution in [3.8, 4) is 22.7 Å². The number of hydrogen-bond acceptors (Lipinski definition) is 6. The number of ether oxygens (including phenoxy) is 1. The van der Waals surface area contributed by atoms with Gasteiger partial charge in [0.25, 0.3) is 0 Å². The van der Waals surface area contributed by atoms with E-state index in [1.807, 2.05) is 83.5 Å². The maximum atomic E-state index is 12.3. The molecule has 36 heavy (non-hydrogen) atoms. The van der Waals surface area contributed by atoms with Crippen LogP contribution in [0.2, 0.25) is 0 Å². The standard InChI is InChI=1S/C28H25N5O3/c34-28(35-18-19-6-2-1-3-7-19)30-22-14-15-23(16-22)33-25(17-29-32-33)20-10-12-21(13-11-20)27-31-24-8-4-5-9-26(24)36-27/h1-13,17,22-23H,14-16,18H2,(H,30,34)/t22-,23+/m0/s1. The van der Waals surface area contributed by atoms with Crippen molar-refractivity contribution in [2.24, 2.45) is 0 Å². The van der Waals surface area contributed by atoms with Crippen molar-refractivity contribution in [1.29, 1.82) is 0 Å². The highest BCUT2D eigenvalue weighted by Gasteiger charge is 2.29. The molecule has 5 aromatic rings. The monoisotopic (exact) mass is 479 g/mol. The van der Waals surface area contributed by atoms with Crippen LogP contribution in [0.25, 0.3) is 33.8 Å². The van der Waals surface area contributed by atoms with Gasteiger partial charge in [0.1, 0.15) is 12.1 Å². The molecule has 3 aromatic carbocycles. The fourth-order valence-electron chi connectivity index (χ4n) is 4.74. The smallest absolute Gasteiger partial charge is 0.407 e. The molecular weight excluding hydrogens is 454 g/mol. The van der Waals surface area contributed by atoms with E-state index in [4.69, 9.17) is 9.15 Å². The summed E-state index contributed by atoms with van der Waals surface area (Å²) in [4.78, 5) is 16.9. The van der Waals surface area contributed by atoms with Gasteiger partial charge < -0.3 is 14.5 Å². The van der Waals surface area contributed by atoms with E-state index in [9.17, 15) is 4.79 Å². The van der Waals surface area contributed by atoms with Gasteiger partial charge in [-0.05, 0) is 49.1 Å². The molecule has 0 radical (unpaired) electrons. The number of alkyl carbamates (subject to hydrolysis) is 1. The Bertz CT molecular complexity index is 1440. The van der Waals surface area contributed by atoms with Crippen molar-refractivity contribution in [1.82, 2.24) is 25.3 Å². The number of amides is 1. The van der Waals surface area contributed by atoms with Crippen molar-refractivity contribution in [3.05, 3.63) is 90.6 Å². The lowest BCUT2D eigenvalue weighted by Gasteiger charge is -2.15. The van der Waals surface area contributed by atoms with Gasteiger partial charge in [-0.15, -0.1) is 5.10 Å². The molecule has 0 aliphatic heterocycles. The largest absolute Gasteiger partial charge is 0.445 e. The molecule has 6 rings (SSSR count). The Labute approximate surface area is 207 Å². The highest BCUT2D eigenvalue weighted by molar-refractivity contribution is 5.76. The first-order valence-corrected chi connectivity index (χ1v) is 12.1. The molecule has 0 unspecified atom stereocenters. The Morgan fingerprint density at radius 3 is 2.58 bits per heavy atom. The van der Waals surface area contributed by atoms with Crippen molar-refractivity contribution < 1.29 is 13.9 Å². The van der Waals surface area contributed by atoms with Crippen LogP contribution in [0.15, 0.2) is 89.5 Å². The molecule has 1 N–H and O–H groups in total. The summed E-state index contributed by atoms with van der Waals surface area (Å²) in [6.07, 6.45) is 3.93. The van der Waals surface area contributed by atoms with Gasteiger partial charge in [0.2, 0.25) is 5.89 Å². The number of para-hydroxylation sites is 2. The summed E-state index contributed by atoms with van der Waals surface area (Å²) in [5.41, 5.74) is 5.44. The normalized spacial score (nSPS) is 17.3. The maximum Gasteiger partial charge on any atom is 0.407 e. The van der Waals surface area contributed by atoms with Crippen molar-refractivity contribution in [3.63, 3.8) is 0 Å². The summed E-state index contributed by atoms with van der Waals surface area (Å²) in [5.74, 6) is 0.596. The Balaban J connectivity index is 1.10. The van der Waals surface area contributed by atoms with Gasteiger partial charge >= 0.3 is 6.09 Å². The van der Waals surface area contributed by atoms with E-state index in [1.54, 1.807) is 6.20 Å². The summed E-state index contributed by atoms with van der Waals surface area (Å²) in [7, 11) is 0. The minimum atomic E-state index is -0.391. The van der Waals surface area contributed by atoms with Gasteiger partial charge in [-0.3, -0.25) is 0 Å². The fraction of sp³-hybridized carbons (Fsp3) is 0.214. The third-order valence-electron chi connectivity index (χ3n) is 6.58. The van der Waals surface area contributed by atoms with Crippen LogP contribution in [0.3, 0.4) is 0 Å². The molecule has 2 atom stereocenters. The number of hydrogen-bond donors (Lipinski definition) is 1. The zero-order chi connectivity index (χ0) is 24.3. The number of rotatable bonds is 6. The number of carbonyl (C=O) groups is 1. The molecule has 2 heterocycles. The molecule has 8 nitrogen and oxygen atoms in total. The quantitative estimate of drug-likeness (QED) is 0.332. The summed E-state index contributed by atoms with van der Waals surface area (Å²) >= 11 is 0.